The van der Waals surface area contributed by atoms with Crippen LogP contribution in [0.2, 0.25) is 0 Å². The molecular weight excluding hydrogens is 172 g/mol. The minimum atomic E-state index is 0.0252. The molecule has 0 radical (unpaired) electrons. The number of nitrogen functional groups attached to an aromatic ring is 1. The number of fused-ring (bicyclic) bond motifs is 1. The van der Waals surface area contributed by atoms with Gasteiger partial charge in [0.25, 0.3) is 5.88 Å². The standard InChI is InChI=1S/C7H10N4O2/c1-2-13-7-5(8)6-9-4(12)3-11(6)10-7/h2-3,8H2,1H3,(H,9,12). The molecule has 1 aromatic heterocycles. The van der Waals surface area contributed by atoms with Gasteiger partial charge in [-0.05, 0) is 6.92 Å². The van der Waals surface area contributed by atoms with Crippen LogP contribution in [0.1, 0.15) is 6.92 Å². The smallest absolute Gasteiger partial charge is 0.258 e. The maximum atomic E-state index is 9.08. The summed E-state index contributed by atoms with van der Waals surface area (Å²) in [4.78, 5) is 3.82. The zero-order chi connectivity index (χ0) is 9.42. The number of nitrogens with two attached hydrogens (primary N) is 1. The first-order chi connectivity index (χ1) is 6.22. The Hall–Kier alpha value is -1.72. The van der Waals surface area contributed by atoms with Crippen LogP contribution in [0.25, 0.3) is 0 Å². The van der Waals surface area contributed by atoms with Crippen molar-refractivity contribution >= 4 is 17.4 Å². The van der Waals surface area contributed by atoms with Crippen LogP contribution in [0.15, 0.2) is 4.99 Å². The Bertz CT molecular complexity index is 369. The van der Waals surface area contributed by atoms with Crippen LogP contribution in [0.3, 0.4) is 0 Å². The van der Waals surface area contributed by atoms with Gasteiger partial charge in [-0.15, -0.1) is 5.10 Å². The Morgan fingerprint density at radius 1 is 1.69 bits per heavy atom. The van der Waals surface area contributed by atoms with Gasteiger partial charge in [0.2, 0.25) is 5.90 Å². The predicted molar refractivity (Wildman–Crippen MR) is 47.5 cm³/mol. The molecule has 0 aliphatic carbocycles. The van der Waals surface area contributed by atoms with E-state index in [9.17, 15) is 0 Å². The summed E-state index contributed by atoms with van der Waals surface area (Å²) in [6.07, 6.45) is 0. The van der Waals surface area contributed by atoms with Crippen molar-refractivity contribution in [1.29, 1.82) is 0 Å². The number of ether oxygens (including phenoxy) is 1. The van der Waals surface area contributed by atoms with Crippen molar-refractivity contribution in [1.82, 2.24) is 9.78 Å². The molecule has 0 unspecified atom stereocenters. The van der Waals surface area contributed by atoms with Crippen molar-refractivity contribution in [2.24, 2.45) is 4.99 Å². The molecule has 1 aliphatic heterocycles. The maximum Gasteiger partial charge on any atom is 0.258 e. The number of aromatic nitrogens is 2. The van der Waals surface area contributed by atoms with Crippen LogP contribution in [-0.4, -0.2) is 27.4 Å². The topological polar surface area (TPSA) is 85.7 Å². The fourth-order valence-electron chi connectivity index (χ4n) is 1.21. The number of hydrogen-bond acceptors (Lipinski definition) is 4. The minimum absolute atomic E-state index is 0.0252. The molecule has 2 rings (SSSR count). The third kappa shape index (κ3) is 1.10. The SMILES string of the molecule is CCOc1nn2c(c1N)N=C(O)C2. The summed E-state index contributed by atoms with van der Waals surface area (Å²) in [6.45, 7) is 2.63. The van der Waals surface area contributed by atoms with Gasteiger partial charge in [0, 0.05) is 0 Å². The third-order valence-corrected chi connectivity index (χ3v) is 1.73. The molecule has 6 heteroatoms. The minimum Gasteiger partial charge on any atom is -0.495 e. The van der Waals surface area contributed by atoms with E-state index in [4.69, 9.17) is 15.6 Å². The van der Waals surface area contributed by atoms with Gasteiger partial charge >= 0.3 is 0 Å². The summed E-state index contributed by atoms with van der Waals surface area (Å²) in [5.41, 5.74) is 6.06. The molecule has 70 valence electrons. The highest BCUT2D eigenvalue weighted by Gasteiger charge is 2.22. The second kappa shape index (κ2) is 2.65. The molecule has 13 heavy (non-hydrogen) atoms. The number of hydrogen-bond donors (Lipinski definition) is 2. The Morgan fingerprint density at radius 2 is 2.46 bits per heavy atom. The molecule has 2 heterocycles. The van der Waals surface area contributed by atoms with Gasteiger partial charge in [-0.3, -0.25) is 0 Å². The largest absolute Gasteiger partial charge is 0.495 e. The van der Waals surface area contributed by atoms with E-state index in [1.165, 1.54) is 4.68 Å². The van der Waals surface area contributed by atoms with Crippen molar-refractivity contribution in [3.05, 3.63) is 0 Å². The van der Waals surface area contributed by atoms with E-state index in [1.807, 2.05) is 6.92 Å². The van der Waals surface area contributed by atoms with Gasteiger partial charge in [-0.1, -0.05) is 0 Å². The fraction of sp³-hybridized carbons (Fsp3) is 0.429. The summed E-state index contributed by atoms with van der Waals surface area (Å²) in [7, 11) is 0. The number of aliphatic imine (C=N–C) groups is 1. The van der Waals surface area contributed by atoms with Crippen LogP contribution in [0.4, 0.5) is 11.5 Å². The van der Waals surface area contributed by atoms with E-state index in [-0.39, 0.29) is 12.4 Å². The molecule has 0 atom stereocenters. The van der Waals surface area contributed by atoms with Crippen LogP contribution >= 0.6 is 0 Å². The molecule has 0 amide bonds. The fourth-order valence-corrected chi connectivity index (χ4v) is 1.21. The highest BCUT2D eigenvalue weighted by Crippen LogP contribution is 2.34. The molecule has 6 nitrogen and oxygen atoms in total. The molecule has 0 saturated heterocycles. The lowest BCUT2D eigenvalue weighted by molar-refractivity contribution is 0.324. The first-order valence-electron chi connectivity index (χ1n) is 3.98. The Kier molecular flexibility index (Phi) is 1.61. The lowest BCUT2D eigenvalue weighted by Gasteiger charge is -1.97. The molecule has 1 aromatic rings. The molecular formula is C7H10N4O2. The van der Waals surface area contributed by atoms with Gasteiger partial charge in [0.15, 0.2) is 5.82 Å². The summed E-state index contributed by atoms with van der Waals surface area (Å²) < 4.78 is 6.67. The summed E-state index contributed by atoms with van der Waals surface area (Å²) >= 11 is 0. The number of rotatable bonds is 2. The molecule has 0 spiro atoms. The third-order valence-electron chi connectivity index (χ3n) is 1.73. The van der Waals surface area contributed by atoms with E-state index in [0.717, 1.165) is 0 Å². The van der Waals surface area contributed by atoms with Gasteiger partial charge in [-0.25, -0.2) is 4.68 Å². The maximum absolute atomic E-state index is 9.08. The monoisotopic (exact) mass is 182 g/mol. The predicted octanol–water partition coefficient (Wildman–Crippen LogP) is 0.466. The number of aliphatic hydroxyl groups excluding tert-OH is 1. The zero-order valence-corrected chi connectivity index (χ0v) is 7.19. The molecule has 0 aromatic carbocycles. The average molecular weight is 182 g/mol. The average Bonchev–Trinajstić information content (AvgIpc) is 2.54. The summed E-state index contributed by atoms with van der Waals surface area (Å²) in [5.74, 6) is 0.881. The lowest BCUT2D eigenvalue weighted by Crippen LogP contribution is -2.04. The van der Waals surface area contributed by atoms with Crippen LogP contribution < -0.4 is 10.5 Å². The van der Waals surface area contributed by atoms with Gasteiger partial charge in [0.1, 0.15) is 12.2 Å². The van der Waals surface area contributed by atoms with Gasteiger partial charge < -0.3 is 15.6 Å². The van der Waals surface area contributed by atoms with E-state index < -0.39 is 0 Å². The molecule has 3 N–H and O–H groups in total. The second-order valence-electron chi connectivity index (χ2n) is 2.66. The van der Waals surface area contributed by atoms with Gasteiger partial charge in [0.05, 0.1) is 6.61 Å². The Morgan fingerprint density at radius 3 is 3.08 bits per heavy atom. The van der Waals surface area contributed by atoms with Crippen molar-refractivity contribution in [2.75, 3.05) is 12.3 Å². The van der Waals surface area contributed by atoms with E-state index in [1.54, 1.807) is 0 Å². The highest BCUT2D eigenvalue weighted by molar-refractivity contribution is 5.84. The molecule has 0 bridgehead atoms. The molecule has 1 aliphatic rings. The zero-order valence-electron chi connectivity index (χ0n) is 7.19. The van der Waals surface area contributed by atoms with E-state index >= 15 is 0 Å². The quantitative estimate of drug-likeness (QED) is 0.695. The lowest BCUT2D eigenvalue weighted by atomic mass is 10.5. The van der Waals surface area contributed by atoms with Crippen LogP contribution in [-0.2, 0) is 6.54 Å². The number of anilines is 1. The normalized spacial score (nSPS) is 14.1. The van der Waals surface area contributed by atoms with Gasteiger partial charge in [-0.2, -0.15) is 4.99 Å². The number of aliphatic hydroxyl groups is 1. The van der Waals surface area contributed by atoms with Crippen molar-refractivity contribution in [2.45, 2.75) is 13.5 Å². The van der Waals surface area contributed by atoms with Crippen molar-refractivity contribution < 1.29 is 9.84 Å². The van der Waals surface area contributed by atoms with E-state index in [2.05, 4.69) is 10.1 Å². The summed E-state index contributed by atoms with van der Waals surface area (Å²) in [5, 5.41) is 13.1. The second-order valence-corrected chi connectivity index (χ2v) is 2.66. The number of nitrogens with zero attached hydrogens (tertiary/aromatic N) is 3. The first-order valence-corrected chi connectivity index (χ1v) is 3.98. The van der Waals surface area contributed by atoms with Crippen molar-refractivity contribution in [3.8, 4) is 5.88 Å². The van der Waals surface area contributed by atoms with Crippen LogP contribution in [0, 0.1) is 0 Å². The Labute approximate surface area is 74.6 Å². The highest BCUT2D eigenvalue weighted by atomic mass is 16.5. The Balaban J connectivity index is 2.39. The molecule has 0 saturated carbocycles. The first kappa shape index (κ1) is 7.90. The van der Waals surface area contributed by atoms with Crippen LogP contribution in [0.5, 0.6) is 5.88 Å². The summed E-state index contributed by atoms with van der Waals surface area (Å²) in [6, 6.07) is 0. The molecule has 0 fully saturated rings. The van der Waals surface area contributed by atoms with E-state index in [0.29, 0.717) is 24.0 Å². The van der Waals surface area contributed by atoms with Crippen molar-refractivity contribution in [3.63, 3.8) is 0 Å².